The van der Waals surface area contributed by atoms with Crippen LogP contribution in [0.25, 0.3) is 0 Å². The smallest absolute Gasteiger partial charge is 0.253 e. The van der Waals surface area contributed by atoms with Crippen LogP contribution in [0.4, 0.5) is 0 Å². The summed E-state index contributed by atoms with van der Waals surface area (Å²) in [4.78, 5) is 55.8. The predicted molar refractivity (Wildman–Crippen MR) is 214 cm³/mol. The molecule has 3 fully saturated rings. The number of amides is 4. The highest BCUT2D eigenvalue weighted by Crippen LogP contribution is 2.42. The molecule has 1 saturated heterocycles. The zero-order chi connectivity index (χ0) is 37.7. The fraction of sp³-hybridized carbons (Fsp3) is 0.522. The molecule has 0 bridgehead atoms. The molecule has 2 saturated carbocycles. The fourth-order valence-corrected chi connectivity index (χ4v) is 8.14. The van der Waals surface area contributed by atoms with Crippen molar-refractivity contribution in [1.82, 2.24) is 20.9 Å². The molecular formula is C46H60N4O4. The van der Waals surface area contributed by atoms with Gasteiger partial charge in [0.15, 0.2) is 0 Å². The highest BCUT2D eigenvalue weighted by molar-refractivity contribution is 5.99. The molecule has 3 N–H and O–H groups in total. The maximum absolute atomic E-state index is 13.8. The Labute approximate surface area is 322 Å². The molecule has 0 aromatic heterocycles. The van der Waals surface area contributed by atoms with E-state index in [4.69, 9.17) is 0 Å². The molecule has 3 aromatic carbocycles. The monoisotopic (exact) mass is 732 g/mol. The molecule has 8 nitrogen and oxygen atoms in total. The number of hydrogen-bond donors (Lipinski definition) is 3. The van der Waals surface area contributed by atoms with Crippen LogP contribution in [-0.4, -0.2) is 60.2 Å². The van der Waals surface area contributed by atoms with Gasteiger partial charge in [0.25, 0.3) is 11.8 Å². The average Bonchev–Trinajstić information content (AvgIpc) is 4.11. The fourth-order valence-electron chi connectivity index (χ4n) is 8.14. The highest BCUT2D eigenvalue weighted by Gasteiger charge is 2.48. The third-order valence-corrected chi connectivity index (χ3v) is 11.7. The van der Waals surface area contributed by atoms with Crippen molar-refractivity contribution in [2.24, 2.45) is 11.8 Å². The Morgan fingerprint density at radius 3 is 1.44 bits per heavy atom. The van der Waals surface area contributed by atoms with E-state index in [1.807, 2.05) is 36.4 Å². The van der Waals surface area contributed by atoms with Gasteiger partial charge < -0.3 is 20.9 Å². The molecule has 6 rings (SSSR count). The molecule has 54 heavy (non-hydrogen) atoms. The number of benzene rings is 3. The number of unbranched alkanes of at least 4 members (excludes halogenated alkanes) is 11. The minimum atomic E-state index is -0.648. The first kappa shape index (κ1) is 39.2. The molecule has 6 atom stereocenters. The largest absolute Gasteiger partial charge is 0.352 e. The number of carbonyl (C=O) groups is 4. The molecule has 0 radical (unpaired) electrons. The van der Waals surface area contributed by atoms with E-state index in [0.29, 0.717) is 17.7 Å². The number of nitrogens with zero attached hydrogens (tertiary/aromatic N) is 1. The molecule has 8 heteroatoms. The second-order valence-corrected chi connectivity index (χ2v) is 15.9. The second-order valence-electron chi connectivity index (χ2n) is 15.9. The molecular weight excluding hydrogens is 673 g/mol. The van der Waals surface area contributed by atoms with E-state index in [2.05, 4.69) is 47.1 Å². The summed E-state index contributed by atoms with van der Waals surface area (Å²) >= 11 is 0. The topological polar surface area (TPSA) is 108 Å². The quantitative estimate of drug-likeness (QED) is 0.0962. The van der Waals surface area contributed by atoms with Crippen LogP contribution in [0, 0.1) is 11.8 Å². The average molecular weight is 733 g/mol. The zero-order valence-corrected chi connectivity index (χ0v) is 32.1. The number of nitrogens with one attached hydrogen (secondary N) is 3. The van der Waals surface area contributed by atoms with Crippen LogP contribution in [0.5, 0.6) is 0 Å². The van der Waals surface area contributed by atoms with Gasteiger partial charge in [-0.1, -0.05) is 138 Å². The molecule has 0 unspecified atom stereocenters. The van der Waals surface area contributed by atoms with Crippen LogP contribution < -0.4 is 16.0 Å². The van der Waals surface area contributed by atoms with E-state index in [9.17, 15) is 19.2 Å². The molecule has 4 amide bonds. The zero-order valence-electron chi connectivity index (χ0n) is 32.1. The Bertz CT molecular complexity index is 1590. The SMILES string of the molecule is CCCCCCCCCCCCCCNC(=O)c1ccc(C(=O)N2C[C@@H](C(=O)N[C@H]3C[C@@H]3c3ccccc3)[C@H](C(=O)N[C@H]3C[C@@H]3c3ccccc3)C2)cc1. The van der Waals surface area contributed by atoms with Crippen molar-refractivity contribution in [3.63, 3.8) is 0 Å². The van der Waals surface area contributed by atoms with Gasteiger partial charge in [-0.2, -0.15) is 0 Å². The molecule has 3 aromatic rings. The summed E-state index contributed by atoms with van der Waals surface area (Å²) in [6.45, 7) is 3.23. The third-order valence-electron chi connectivity index (χ3n) is 11.7. The Morgan fingerprint density at radius 1 is 0.556 bits per heavy atom. The first-order valence-electron chi connectivity index (χ1n) is 20.8. The Balaban J connectivity index is 0.968. The van der Waals surface area contributed by atoms with Gasteiger partial charge in [-0.15, -0.1) is 0 Å². The van der Waals surface area contributed by atoms with Crippen LogP contribution in [0.3, 0.4) is 0 Å². The van der Waals surface area contributed by atoms with E-state index in [1.165, 1.54) is 75.3 Å². The second kappa shape index (κ2) is 19.7. The summed E-state index contributed by atoms with van der Waals surface area (Å²) in [5.41, 5.74) is 3.34. The van der Waals surface area contributed by atoms with E-state index in [1.54, 1.807) is 29.2 Å². The summed E-state index contributed by atoms with van der Waals surface area (Å²) in [6.07, 6.45) is 17.0. The maximum Gasteiger partial charge on any atom is 0.253 e. The molecule has 288 valence electrons. The van der Waals surface area contributed by atoms with Gasteiger partial charge >= 0.3 is 0 Å². The molecule has 0 spiro atoms. The van der Waals surface area contributed by atoms with Gasteiger partial charge in [0, 0.05) is 54.7 Å². The summed E-state index contributed by atoms with van der Waals surface area (Å²) in [5.74, 6) is -1.51. The molecule has 1 heterocycles. The lowest BCUT2D eigenvalue weighted by Gasteiger charge is -2.18. The summed E-state index contributed by atoms with van der Waals surface area (Å²) < 4.78 is 0. The van der Waals surface area contributed by atoms with E-state index < -0.39 is 11.8 Å². The van der Waals surface area contributed by atoms with Crippen molar-refractivity contribution in [3.8, 4) is 0 Å². The normalized spacial score (nSPS) is 22.7. The first-order chi connectivity index (χ1) is 26.4. The lowest BCUT2D eigenvalue weighted by molar-refractivity contribution is -0.133. The lowest BCUT2D eigenvalue weighted by Crippen LogP contribution is -2.43. The summed E-state index contributed by atoms with van der Waals surface area (Å²) in [5, 5.41) is 9.41. The third kappa shape index (κ3) is 11.0. The minimum absolute atomic E-state index is 0.0256. The van der Waals surface area contributed by atoms with Gasteiger partial charge in [-0.25, -0.2) is 0 Å². The van der Waals surface area contributed by atoms with Crippen molar-refractivity contribution in [1.29, 1.82) is 0 Å². The highest BCUT2D eigenvalue weighted by atomic mass is 16.2. The maximum atomic E-state index is 13.8. The van der Waals surface area contributed by atoms with Crippen molar-refractivity contribution in [2.75, 3.05) is 19.6 Å². The Kier molecular flexibility index (Phi) is 14.3. The number of rotatable bonds is 21. The van der Waals surface area contributed by atoms with Gasteiger partial charge in [-0.05, 0) is 54.7 Å². The molecule has 2 aliphatic carbocycles. The lowest BCUT2D eigenvalue weighted by atomic mass is 9.94. The van der Waals surface area contributed by atoms with E-state index in [0.717, 1.165) is 25.7 Å². The van der Waals surface area contributed by atoms with Crippen LogP contribution in [0.2, 0.25) is 0 Å². The number of likely N-dealkylation sites (tertiary alicyclic amines) is 1. The van der Waals surface area contributed by atoms with Crippen LogP contribution in [0.15, 0.2) is 84.9 Å². The number of carbonyl (C=O) groups excluding carboxylic acids is 4. The van der Waals surface area contributed by atoms with E-state index >= 15 is 0 Å². The van der Waals surface area contributed by atoms with Gasteiger partial charge in [-0.3, -0.25) is 19.2 Å². The molecule has 1 aliphatic heterocycles. The van der Waals surface area contributed by atoms with Crippen LogP contribution in [0.1, 0.15) is 140 Å². The van der Waals surface area contributed by atoms with Crippen LogP contribution in [-0.2, 0) is 9.59 Å². The van der Waals surface area contributed by atoms with Gasteiger partial charge in [0.05, 0.1) is 11.8 Å². The first-order valence-corrected chi connectivity index (χ1v) is 20.8. The van der Waals surface area contributed by atoms with Gasteiger partial charge in [0.1, 0.15) is 0 Å². The van der Waals surface area contributed by atoms with Crippen molar-refractivity contribution in [3.05, 3.63) is 107 Å². The van der Waals surface area contributed by atoms with Crippen LogP contribution >= 0.6 is 0 Å². The minimum Gasteiger partial charge on any atom is -0.352 e. The van der Waals surface area contributed by atoms with Crippen molar-refractivity contribution < 1.29 is 19.2 Å². The standard InChI is InChI=1S/C46H60N4O4/c1-2-3-4-5-6-7-8-9-10-11-12-19-28-47-43(51)35-24-26-36(27-25-35)46(54)50-31-39(44(52)48-41-29-37(41)33-20-15-13-16-21-33)40(32-50)45(53)49-42-30-38(42)34-22-17-14-18-23-34/h13-18,20-27,37-42H,2-12,19,28-32H2,1H3,(H,47,51)(H,48,52)(H,49,53)/t37-,38-,39-,40-,41+,42+/m1/s1. The number of hydrogen-bond acceptors (Lipinski definition) is 4. The molecule has 3 aliphatic rings. The van der Waals surface area contributed by atoms with Crippen molar-refractivity contribution in [2.45, 2.75) is 121 Å². The predicted octanol–water partition coefficient (Wildman–Crippen LogP) is 8.15. The van der Waals surface area contributed by atoms with Crippen molar-refractivity contribution >= 4 is 23.6 Å². The Hall–Kier alpha value is -4.46. The Morgan fingerprint density at radius 2 is 0.981 bits per heavy atom. The summed E-state index contributed by atoms with van der Waals surface area (Å²) in [6, 6.07) is 27.1. The van der Waals surface area contributed by atoms with E-state index in [-0.39, 0.29) is 60.6 Å². The van der Waals surface area contributed by atoms with Gasteiger partial charge in [0.2, 0.25) is 11.8 Å². The summed E-state index contributed by atoms with van der Waals surface area (Å²) in [7, 11) is 0.